The number of ether oxygens (including phenoxy) is 1. The Labute approximate surface area is 101 Å². The van der Waals surface area contributed by atoms with Gasteiger partial charge in [0.2, 0.25) is 10.0 Å². The molecule has 0 fully saturated rings. The summed E-state index contributed by atoms with van der Waals surface area (Å²) in [6.07, 6.45) is -0.368. The van der Waals surface area contributed by atoms with Crippen molar-refractivity contribution in [2.45, 2.75) is 13.0 Å². The highest BCUT2D eigenvalue weighted by atomic mass is 79.9. The maximum Gasteiger partial charge on any atom is 0.236 e. The highest BCUT2D eigenvalue weighted by molar-refractivity contribution is 9.10. The van der Waals surface area contributed by atoms with Crippen LogP contribution in [0.5, 0.6) is 0 Å². The minimum absolute atomic E-state index is 0.118. The van der Waals surface area contributed by atoms with Crippen LogP contribution in [0, 0.1) is 0 Å². The van der Waals surface area contributed by atoms with Crippen molar-refractivity contribution < 1.29 is 13.2 Å². The molecule has 9 heteroatoms. The average molecular weight is 316 g/mol. The van der Waals surface area contributed by atoms with Gasteiger partial charge in [-0.15, -0.1) is 0 Å². The zero-order valence-electron chi connectivity index (χ0n) is 8.10. The number of anilines is 1. The first-order valence-corrected chi connectivity index (χ1v) is 7.13. The van der Waals surface area contributed by atoms with Crippen molar-refractivity contribution in [1.82, 2.24) is 8.75 Å². The molecule has 0 amide bonds. The second-order valence-electron chi connectivity index (χ2n) is 2.83. The molecule has 0 aliphatic carbocycles. The molecule has 0 aliphatic heterocycles. The fourth-order valence-electron chi connectivity index (χ4n) is 0.805. The van der Waals surface area contributed by atoms with Gasteiger partial charge in [0.1, 0.15) is 0 Å². The highest BCUT2D eigenvalue weighted by Gasteiger charge is 2.18. The SMILES string of the molecule is COC(C)CS(=O)(=O)Nc1nsnc1Br. The minimum atomic E-state index is -3.44. The fourth-order valence-corrected chi connectivity index (χ4v) is 3.18. The lowest BCUT2D eigenvalue weighted by atomic mass is 10.5. The summed E-state index contributed by atoms with van der Waals surface area (Å²) in [4.78, 5) is 0. The van der Waals surface area contributed by atoms with E-state index < -0.39 is 10.0 Å². The normalized spacial score (nSPS) is 13.8. The van der Waals surface area contributed by atoms with Crippen LogP contribution in [-0.2, 0) is 14.8 Å². The van der Waals surface area contributed by atoms with Crippen LogP contribution >= 0.6 is 27.7 Å². The van der Waals surface area contributed by atoms with E-state index in [-0.39, 0.29) is 17.7 Å². The zero-order valence-corrected chi connectivity index (χ0v) is 11.3. The van der Waals surface area contributed by atoms with Crippen LogP contribution in [0.1, 0.15) is 6.92 Å². The predicted octanol–water partition coefficient (Wildman–Crippen LogP) is 1.08. The molecule has 15 heavy (non-hydrogen) atoms. The van der Waals surface area contributed by atoms with Crippen molar-refractivity contribution in [3.05, 3.63) is 4.60 Å². The molecular weight excluding hydrogens is 306 g/mol. The van der Waals surface area contributed by atoms with E-state index in [2.05, 4.69) is 29.4 Å². The number of hydrogen-bond acceptors (Lipinski definition) is 6. The summed E-state index contributed by atoms with van der Waals surface area (Å²) < 4.78 is 38.2. The van der Waals surface area contributed by atoms with E-state index >= 15 is 0 Å². The number of sulfonamides is 1. The quantitative estimate of drug-likeness (QED) is 0.879. The topological polar surface area (TPSA) is 81.2 Å². The van der Waals surface area contributed by atoms with Crippen LogP contribution in [0.15, 0.2) is 4.60 Å². The Morgan fingerprint density at radius 1 is 1.60 bits per heavy atom. The molecule has 0 saturated heterocycles. The fraction of sp³-hybridized carbons (Fsp3) is 0.667. The summed E-state index contributed by atoms with van der Waals surface area (Å²) in [5, 5.41) is 0. The Bertz CT molecular complexity index is 419. The number of aromatic nitrogens is 2. The molecule has 6 nitrogen and oxygen atoms in total. The summed E-state index contributed by atoms with van der Waals surface area (Å²) >= 11 is 4.01. The summed E-state index contributed by atoms with van der Waals surface area (Å²) in [6, 6.07) is 0. The van der Waals surface area contributed by atoms with Gasteiger partial charge in [-0.3, -0.25) is 4.72 Å². The van der Waals surface area contributed by atoms with Crippen LogP contribution in [0.4, 0.5) is 5.82 Å². The Morgan fingerprint density at radius 2 is 2.27 bits per heavy atom. The number of rotatable bonds is 5. The monoisotopic (exact) mass is 315 g/mol. The largest absolute Gasteiger partial charge is 0.381 e. The second kappa shape index (κ2) is 5.19. The molecule has 1 N–H and O–H groups in total. The molecule has 0 bridgehead atoms. The molecule has 1 atom stereocenters. The Hall–Kier alpha value is -0.250. The van der Waals surface area contributed by atoms with Gasteiger partial charge in [0.15, 0.2) is 10.4 Å². The van der Waals surface area contributed by atoms with Gasteiger partial charge in [-0.2, -0.15) is 8.75 Å². The maximum absolute atomic E-state index is 11.5. The average Bonchev–Trinajstić information content (AvgIpc) is 2.50. The van der Waals surface area contributed by atoms with E-state index in [0.29, 0.717) is 4.60 Å². The summed E-state index contributed by atoms with van der Waals surface area (Å²) in [6.45, 7) is 1.67. The lowest BCUT2D eigenvalue weighted by molar-refractivity contribution is 0.136. The zero-order chi connectivity index (χ0) is 11.5. The molecule has 1 aromatic heterocycles. The standard InChI is InChI=1S/C6H10BrN3O3S2/c1-4(13-2)3-15(11,12)10-6-5(7)8-14-9-6/h4H,3H2,1-2H3,(H,9,10). The Morgan fingerprint density at radius 3 is 2.73 bits per heavy atom. The van der Waals surface area contributed by atoms with Crippen molar-refractivity contribution in [2.24, 2.45) is 0 Å². The molecule has 0 saturated carbocycles. The smallest absolute Gasteiger partial charge is 0.236 e. The summed E-state index contributed by atoms with van der Waals surface area (Å²) in [5.74, 6) is 0.0938. The lowest BCUT2D eigenvalue weighted by Gasteiger charge is -2.10. The third-order valence-corrected chi connectivity index (χ3v) is 4.29. The second-order valence-corrected chi connectivity index (χ2v) is 5.88. The van der Waals surface area contributed by atoms with Gasteiger partial charge >= 0.3 is 0 Å². The van der Waals surface area contributed by atoms with Crippen LogP contribution in [0.3, 0.4) is 0 Å². The van der Waals surface area contributed by atoms with Crippen molar-refractivity contribution in [1.29, 1.82) is 0 Å². The molecule has 0 spiro atoms. The van der Waals surface area contributed by atoms with Gasteiger partial charge in [0.05, 0.1) is 23.6 Å². The van der Waals surface area contributed by atoms with Crippen molar-refractivity contribution >= 4 is 43.5 Å². The van der Waals surface area contributed by atoms with Gasteiger partial charge in [0, 0.05) is 7.11 Å². The number of nitrogens with zero attached hydrogens (tertiary/aromatic N) is 2. The molecule has 1 aromatic rings. The number of nitrogens with one attached hydrogen (secondary N) is 1. The van der Waals surface area contributed by atoms with Gasteiger partial charge in [0.25, 0.3) is 0 Å². The van der Waals surface area contributed by atoms with E-state index in [9.17, 15) is 8.42 Å². The van der Waals surface area contributed by atoms with Crippen LogP contribution < -0.4 is 4.72 Å². The van der Waals surface area contributed by atoms with Crippen LogP contribution in [0.2, 0.25) is 0 Å². The molecule has 86 valence electrons. The van der Waals surface area contributed by atoms with E-state index in [4.69, 9.17) is 4.74 Å². The first-order valence-electron chi connectivity index (χ1n) is 3.96. The predicted molar refractivity (Wildman–Crippen MR) is 61.5 cm³/mol. The van der Waals surface area contributed by atoms with Crippen molar-refractivity contribution in [3.63, 3.8) is 0 Å². The molecule has 0 aromatic carbocycles. The van der Waals surface area contributed by atoms with Crippen LogP contribution in [0.25, 0.3) is 0 Å². The Kier molecular flexibility index (Phi) is 4.44. The molecule has 1 rings (SSSR count). The molecule has 1 heterocycles. The van der Waals surface area contributed by atoms with E-state index in [0.717, 1.165) is 11.7 Å². The molecule has 0 aliphatic rings. The van der Waals surface area contributed by atoms with Crippen molar-refractivity contribution in [2.75, 3.05) is 17.6 Å². The minimum Gasteiger partial charge on any atom is -0.381 e. The highest BCUT2D eigenvalue weighted by Crippen LogP contribution is 2.20. The van der Waals surface area contributed by atoms with E-state index in [1.807, 2.05) is 0 Å². The number of hydrogen-bond donors (Lipinski definition) is 1. The maximum atomic E-state index is 11.5. The summed E-state index contributed by atoms with van der Waals surface area (Å²) in [5.41, 5.74) is 0. The van der Waals surface area contributed by atoms with Gasteiger partial charge in [-0.25, -0.2) is 8.42 Å². The Balaban J connectivity index is 2.69. The number of methoxy groups -OCH3 is 1. The van der Waals surface area contributed by atoms with Crippen LogP contribution in [-0.4, -0.2) is 36.1 Å². The van der Waals surface area contributed by atoms with Crippen molar-refractivity contribution in [3.8, 4) is 0 Å². The lowest BCUT2D eigenvalue weighted by Crippen LogP contribution is -2.25. The molecule has 1 unspecified atom stereocenters. The third kappa shape index (κ3) is 4.01. The molecule has 0 radical (unpaired) electrons. The van der Waals surface area contributed by atoms with Gasteiger partial charge in [-0.05, 0) is 22.9 Å². The molecular formula is C6H10BrN3O3S2. The van der Waals surface area contributed by atoms with E-state index in [1.165, 1.54) is 7.11 Å². The third-order valence-electron chi connectivity index (χ3n) is 1.56. The first-order chi connectivity index (χ1) is 6.94. The number of halogens is 1. The van der Waals surface area contributed by atoms with Gasteiger partial charge < -0.3 is 4.74 Å². The summed E-state index contributed by atoms with van der Waals surface area (Å²) in [7, 11) is -1.98. The van der Waals surface area contributed by atoms with Gasteiger partial charge in [-0.1, -0.05) is 0 Å². The first kappa shape index (κ1) is 12.8. The van der Waals surface area contributed by atoms with E-state index in [1.54, 1.807) is 6.92 Å².